The molecule has 0 spiro atoms. The third-order valence-corrected chi connectivity index (χ3v) is 4.44. The Hall–Kier alpha value is 0.410. The first kappa shape index (κ1) is 11.4. The highest BCUT2D eigenvalue weighted by atomic mass is 32.4. The van der Waals surface area contributed by atoms with Gasteiger partial charge in [-0.15, -0.1) is 0 Å². The van der Waals surface area contributed by atoms with Gasteiger partial charge in [0.25, 0.3) is 0 Å². The molecule has 0 aromatic heterocycles. The summed E-state index contributed by atoms with van der Waals surface area (Å²) < 4.78 is 9.24. The summed E-state index contributed by atoms with van der Waals surface area (Å²) in [7, 11) is 0. The molecule has 0 fully saturated rings. The SMILES string of the molecule is CCCP(=S)(N=C=S)OCC. The molecular formula is C6H12NOPS2. The molecule has 0 aromatic rings. The van der Waals surface area contributed by atoms with Crippen molar-refractivity contribution in [3.63, 3.8) is 0 Å². The Morgan fingerprint density at radius 1 is 1.55 bits per heavy atom. The Bertz CT molecular complexity index is 191. The van der Waals surface area contributed by atoms with Crippen molar-refractivity contribution in [1.29, 1.82) is 0 Å². The first-order valence-electron chi connectivity index (χ1n) is 3.51. The molecule has 0 aliphatic rings. The Morgan fingerprint density at radius 2 is 2.18 bits per heavy atom. The van der Waals surface area contributed by atoms with Crippen molar-refractivity contribution in [1.82, 2.24) is 0 Å². The van der Waals surface area contributed by atoms with Crippen LogP contribution >= 0.6 is 18.6 Å². The fourth-order valence-electron chi connectivity index (χ4n) is 0.690. The highest BCUT2D eigenvalue weighted by Crippen LogP contribution is 2.48. The molecule has 64 valence electrons. The van der Waals surface area contributed by atoms with Crippen LogP contribution in [0.3, 0.4) is 0 Å². The largest absolute Gasteiger partial charge is 0.333 e. The van der Waals surface area contributed by atoms with E-state index in [1.54, 1.807) is 0 Å². The van der Waals surface area contributed by atoms with Crippen LogP contribution in [0.4, 0.5) is 0 Å². The predicted octanol–water partition coefficient (Wildman–Crippen LogP) is 2.85. The van der Waals surface area contributed by atoms with E-state index in [-0.39, 0.29) is 0 Å². The van der Waals surface area contributed by atoms with Crippen molar-refractivity contribution in [2.24, 2.45) is 4.76 Å². The van der Waals surface area contributed by atoms with Crippen LogP contribution in [-0.2, 0) is 16.3 Å². The number of isothiocyanates is 1. The summed E-state index contributed by atoms with van der Waals surface area (Å²) in [6.07, 6.45) is -0.173. The second kappa shape index (κ2) is 5.99. The van der Waals surface area contributed by atoms with E-state index in [0.29, 0.717) is 6.61 Å². The lowest BCUT2D eigenvalue weighted by molar-refractivity contribution is 0.376. The topological polar surface area (TPSA) is 21.6 Å². The minimum absolute atomic E-state index is 0.609. The molecule has 11 heavy (non-hydrogen) atoms. The van der Waals surface area contributed by atoms with Gasteiger partial charge < -0.3 is 4.52 Å². The van der Waals surface area contributed by atoms with Crippen LogP contribution in [0.1, 0.15) is 20.3 Å². The molecule has 0 bridgehead atoms. The van der Waals surface area contributed by atoms with E-state index < -0.39 is 6.42 Å². The van der Waals surface area contributed by atoms with Gasteiger partial charge in [-0.25, -0.2) is 0 Å². The third-order valence-electron chi connectivity index (χ3n) is 1.03. The summed E-state index contributed by atoms with van der Waals surface area (Å²) in [5.41, 5.74) is 0. The maximum Gasteiger partial charge on any atom is 0.184 e. The molecule has 0 rings (SSSR count). The van der Waals surface area contributed by atoms with Gasteiger partial charge in [-0.1, -0.05) is 6.92 Å². The third kappa shape index (κ3) is 4.78. The van der Waals surface area contributed by atoms with Gasteiger partial charge in [-0.05, 0) is 37.4 Å². The average Bonchev–Trinajstić information content (AvgIpc) is 1.88. The molecule has 0 amide bonds. The van der Waals surface area contributed by atoms with Crippen molar-refractivity contribution in [2.75, 3.05) is 12.8 Å². The second-order valence-corrected chi connectivity index (χ2v) is 6.04. The maximum atomic E-state index is 5.34. The summed E-state index contributed by atoms with van der Waals surface area (Å²) in [4.78, 5) is 0. The molecule has 2 nitrogen and oxygen atoms in total. The Kier molecular flexibility index (Phi) is 6.21. The molecular weight excluding hydrogens is 197 g/mol. The molecule has 0 heterocycles. The van der Waals surface area contributed by atoms with Crippen molar-refractivity contribution >= 4 is 35.6 Å². The van der Waals surface area contributed by atoms with E-state index in [1.165, 1.54) is 0 Å². The van der Waals surface area contributed by atoms with E-state index in [9.17, 15) is 0 Å². The molecule has 0 aliphatic carbocycles. The summed E-state index contributed by atoms with van der Waals surface area (Å²) in [5.74, 6) is 0. The van der Waals surface area contributed by atoms with E-state index in [1.807, 2.05) is 6.92 Å². The monoisotopic (exact) mass is 209 g/mol. The van der Waals surface area contributed by atoms with Crippen molar-refractivity contribution in [3.05, 3.63) is 0 Å². The van der Waals surface area contributed by atoms with E-state index in [2.05, 4.69) is 29.1 Å². The van der Waals surface area contributed by atoms with Gasteiger partial charge >= 0.3 is 0 Å². The normalized spacial score (nSPS) is 15.1. The molecule has 0 N–H and O–H groups in total. The van der Waals surface area contributed by atoms with Crippen LogP contribution < -0.4 is 0 Å². The van der Waals surface area contributed by atoms with E-state index in [0.717, 1.165) is 12.6 Å². The molecule has 0 aliphatic heterocycles. The van der Waals surface area contributed by atoms with Gasteiger partial charge in [0.2, 0.25) is 0 Å². The second-order valence-electron chi connectivity index (χ2n) is 1.97. The maximum absolute atomic E-state index is 5.34. The predicted molar refractivity (Wildman–Crippen MR) is 56.1 cm³/mol. The number of hydrogen-bond acceptors (Lipinski definition) is 3. The van der Waals surface area contributed by atoms with Gasteiger partial charge in [0.1, 0.15) is 0 Å². The minimum atomic E-state index is -1.98. The van der Waals surface area contributed by atoms with Gasteiger partial charge in [0.15, 0.2) is 6.42 Å². The Labute approximate surface area is 78.2 Å². The van der Waals surface area contributed by atoms with E-state index in [4.69, 9.17) is 16.3 Å². The molecule has 0 saturated heterocycles. The number of nitrogens with zero attached hydrogens (tertiary/aromatic N) is 1. The van der Waals surface area contributed by atoms with Crippen LogP contribution in [-0.4, -0.2) is 17.9 Å². The summed E-state index contributed by atoms with van der Waals surface area (Å²) in [6.45, 7) is 4.58. The number of thiocarbonyl (C=S) groups is 1. The quantitative estimate of drug-likeness (QED) is 0.395. The molecule has 5 heteroatoms. The van der Waals surface area contributed by atoms with Gasteiger partial charge in [-0.3, -0.25) is 0 Å². The van der Waals surface area contributed by atoms with Crippen LogP contribution in [0.25, 0.3) is 0 Å². The fraction of sp³-hybridized carbons (Fsp3) is 0.833. The van der Waals surface area contributed by atoms with Crippen LogP contribution in [0.2, 0.25) is 0 Å². The Morgan fingerprint density at radius 3 is 2.55 bits per heavy atom. The summed E-state index contributed by atoms with van der Waals surface area (Å²) in [5, 5.41) is 2.31. The molecule has 0 radical (unpaired) electrons. The van der Waals surface area contributed by atoms with Crippen molar-refractivity contribution in [3.8, 4) is 0 Å². The van der Waals surface area contributed by atoms with Crippen LogP contribution in [0.5, 0.6) is 0 Å². The van der Waals surface area contributed by atoms with Gasteiger partial charge in [0.05, 0.1) is 11.8 Å². The van der Waals surface area contributed by atoms with Crippen LogP contribution in [0.15, 0.2) is 4.76 Å². The highest BCUT2D eigenvalue weighted by Gasteiger charge is 2.12. The zero-order chi connectivity index (χ0) is 8.74. The van der Waals surface area contributed by atoms with Gasteiger partial charge in [0, 0.05) is 6.16 Å². The van der Waals surface area contributed by atoms with E-state index >= 15 is 0 Å². The Balaban J connectivity index is 4.25. The smallest absolute Gasteiger partial charge is 0.184 e. The summed E-state index contributed by atoms with van der Waals surface area (Å²) in [6, 6.07) is 0. The van der Waals surface area contributed by atoms with Crippen molar-refractivity contribution < 1.29 is 4.52 Å². The molecule has 1 unspecified atom stereocenters. The lowest BCUT2D eigenvalue weighted by Crippen LogP contribution is -1.90. The van der Waals surface area contributed by atoms with Crippen LogP contribution in [0, 0.1) is 0 Å². The number of rotatable bonds is 5. The van der Waals surface area contributed by atoms with Crippen molar-refractivity contribution in [2.45, 2.75) is 20.3 Å². The minimum Gasteiger partial charge on any atom is -0.333 e. The fourth-order valence-corrected chi connectivity index (χ4v) is 3.61. The van der Waals surface area contributed by atoms with Gasteiger partial charge in [-0.2, -0.15) is 4.76 Å². The lowest BCUT2D eigenvalue weighted by Gasteiger charge is -2.13. The average molecular weight is 209 g/mol. The first-order chi connectivity index (χ1) is 5.18. The zero-order valence-electron chi connectivity index (χ0n) is 6.74. The number of hydrogen-bond donors (Lipinski definition) is 0. The first-order valence-corrected chi connectivity index (χ1v) is 6.78. The summed E-state index contributed by atoms with van der Waals surface area (Å²) >= 11 is 9.69. The lowest BCUT2D eigenvalue weighted by atomic mass is 10.6. The highest BCUT2D eigenvalue weighted by molar-refractivity contribution is 8.11. The molecule has 0 saturated carbocycles. The standard InChI is InChI=1S/C6H12NOPS2/c1-3-5-9(11,7-6-10)8-4-2/h3-5H2,1-2H3. The zero-order valence-corrected chi connectivity index (χ0v) is 9.27. The molecule has 1 atom stereocenters. The molecule has 0 aromatic carbocycles.